The van der Waals surface area contributed by atoms with Gasteiger partial charge in [-0.1, -0.05) is 23.7 Å². The van der Waals surface area contributed by atoms with E-state index >= 15 is 0 Å². The van der Waals surface area contributed by atoms with Crippen LogP contribution < -0.4 is 4.74 Å². The zero-order valence-corrected chi connectivity index (χ0v) is 19.2. The second-order valence-corrected chi connectivity index (χ2v) is 8.77. The number of likely N-dealkylation sites (tertiary alicyclic amines) is 1. The minimum absolute atomic E-state index is 0.185. The lowest BCUT2D eigenvalue weighted by molar-refractivity contribution is -0.132. The van der Waals surface area contributed by atoms with E-state index in [1.165, 1.54) is 5.56 Å². The molecule has 0 radical (unpaired) electrons. The maximum Gasteiger partial charge on any atom is 0.223 e. The molecule has 1 aromatic heterocycles. The summed E-state index contributed by atoms with van der Waals surface area (Å²) < 4.78 is 11.0. The molecule has 5 nitrogen and oxygen atoms in total. The van der Waals surface area contributed by atoms with E-state index in [-0.39, 0.29) is 5.91 Å². The third-order valence-corrected chi connectivity index (χ3v) is 6.45. The van der Waals surface area contributed by atoms with Crippen LogP contribution in [0.25, 0.3) is 11.3 Å². The molecular formula is C26H29ClN2O3. The standard InChI is InChI=1S/C26H29ClN2O3/c1-31-23-10-4-19(5-11-23)2-3-20-14-16-29(17-15-20)26(30)13-12-25-28-18-24(32-25)21-6-8-22(27)9-7-21/h4-11,18,20H,2-3,12-17H2,1H3. The summed E-state index contributed by atoms with van der Waals surface area (Å²) in [7, 11) is 1.69. The molecule has 0 N–H and O–H groups in total. The van der Waals surface area contributed by atoms with Gasteiger partial charge in [-0.2, -0.15) is 0 Å². The Hall–Kier alpha value is -2.79. The van der Waals surface area contributed by atoms with Gasteiger partial charge in [0.15, 0.2) is 11.7 Å². The van der Waals surface area contributed by atoms with E-state index < -0.39 is 0 Å². The van der Waals surface area contributed by atoms with Crippen molar-refractivity contribution in [1.82, 2.24) is 9.88 Å². The fourth-order valence-electron chi connectivity index (χ4n) is 4.18. The summed E-state index contributed by atoms with van der Waals surface area (Å²) in [6.45, 7) is 1.68. The van der Waals surface area contributed by atoms with Gasteiger partial charge in [0.2, 0.25) is 5.91 Å². The highest BCUT2D eigenvalue weighted by Crippen LogP contribution is 2.25. The lowest BCUT2D eigenvalue weighted by atomic mass is 9.90. The second kappa shape index (κ2) is 10.7. The van der Waals surface area contributed by atoms with Gasteiger partial charge >= 0.3 is 0 Å². The molecule has 0 spiro atoms. The van der Waals surface area contributed by atoms with Gasteiger partial charge in [-0.25, -0.2) is 4.98 Å². The van der Waals surface area contributed by atoms with Gasteiger partial charge in [0.05, 0.1) is 13.3 Å². The molecule has 1 saturated heterocycles. The van der Waals surface area contributed by atoms with Crippen molar-refractivity contribution in [3.05, 3.63) is 71.2 Å². The van der Waals surface area contributed by atoms with E-state index in [9.17, 15) is 4.79 Å². The van der Waals surface area contributed by atoms with Crippen LogP contribution in [0.4, 0.5) is 0 Å². The number of ether oxygens (including phenoxy) is 1. The van der Waals surface area contributed by atoms with Crippen LogP contribution in [0, 0.1) is 5.92 Å². The highest BCUT2D eigenvalue weighted by atomic mass is 35.5. The molecule has 32 heavy (non-hydrogen) atoms. The number of carbonyl (C=O) groups is 1. The van der Waals surface area contributed by atoms with Crippen molar-refractivity contribution in [3.8, 4) is 17.1 Å². The Kier molecular flexibility index (Phi) is 7.48. The minimum Gasteiger partial charge on any atom is -0.497 e. The van der Waals surface area contributed by atoms with Gasteiger partial charge in [-0.15, -0.1) is 0 Å². The topological polar surface area (TPSA) is 55.6 Å². The number of nitrogens with zero attached hydrogens (tertiary/aromatic N) is 2. The summed E-state index contributed by atoms with van der Waals surface area (Å²) in [6.07, 6.45) is 7.03. The molecule has 0 saturated carbocycles. The van der Waals surface area contributed by atoms with Gasteiger partial charge in [-0.3, -0.25) is 4.79 Å². The van der Waals surface area contributed by atoms with Crippen LogP contribution in [0.15, 0.2) is 59.1 Å². The Balaban J connectivity index is 1.19. The van der Waals surface area contributed by atoms with Gasteiger partial charge in [0.1, 0.15) is 5.75 Å². The monoisotopic (exact) mass is 452 g/mol. The first-order valence-corrected chi connectivity index (χ1v) is 11.6. The van der Waals surface area contributed by atoms with Crippen molar-refractivity contribution in [2.24, 2.45) is 5.92 Å². The lowest BCUT2D eigenvalue weighted by Crippen LogP contribution is -2.38. The number of hydrogen-bond donors (Lipinski definition) is 0. The predicted molar refractivity (Wildman–Crippen MR) is 126 cm³/mol. The largest absolute Gasteiger partial charge is 0.497 e. The van der Waals surface area contributed by atoms with Crippen molar-refractivity contribution in [2.75, 3.05) is 20.2 Å². The first-order valence-electron chi connectivity index (χ1n) is 11.2. The van der Waals surface area contributed by atoms with Crippen LogP contribution in [0.1, 0.15) is 37.1 Å². The lowest BCUT2D eigenvalue weighted by Gasteiger charge is -2.32. The van der Waals surface area contributed by atoms with Crippen LogP contribution in [0.3, 0.4) is 0 Å². The number of rotatable bonds is 8. The molecule has 0 bridgehead atoms. The number of carbonyl (C=O) groups excluding carboxylic acids is 1. The van der Waals surface area contributed by atoms with Crippen LogP contribution in [0.5, 0.6) is 5.75 Å². The Morgan fingerprint density at radius 2 is 1.81 bits per heavy atom. The van der Waals surface area contributed by atoms with E-state index in [0.29, 0.717) is 35.4 Å². The molecule has 3 aromatic rings. The van der Waals surface area contributed by atoms with Crippen LogP contribution >= 0.6 is 11.6 Å². The van der Waals surface area contributed by atoms with E-state index in [0.717, 1.165) is 50.1 Å². The van der Waals surface area contributed by atoms with Crippen LogP contribution in [-0.2, 0) is 17.6 Å². The van der Waals surface area contributed by atoms with Gasteiger partial charge < -0.3 is 14.1 Å². The average Bonchev–Trinajstić information content (AvgIpc) is 3.31. The molecule has 0 unspecified atom stereocenters. The molecule has 1 aliphatic heterocycles. The Bertz CT molecular complexity index is 1010. The van der Waals surface area contributed by atoms with Crippen molar-refractivity contribution in [3.63, 3.8) is 0 Å². The van der Waals surface area contributed by atoms with E-state index in [1.807, 2.05) is 41.3 Å². The molecule has 0 aliphatic carbocycles. The van der Waals surface area contributed by atoms with E-state index in [4.69, 9.17) is 20.8 Å². The fraction of sp³-hybridized carbons (Fsp3) is 0.385. The normalized spacial score (nSPS) is 14.5. The molecule has 2 heterocycles. The molecular weight excluding hydrogens is 424 g/mol. The van der Waals surface area contributed by atoms with Gasteiger partial charge in [-0.05, 0) is 73.6 Å². The minimum atomic E-state index is 0.185. The summed E-state index contributed by atoms with van der Waals surface area (Å²) >= 11 is 5.93. The van der Waals surface area contributed by atoms with Gasteiger partial charge in [0.25, 0.3) is 0 Å². The number of aryl methyl sites for hydroxylation is 2. The molecule has 1 fully saturated rings. The number of oxazole rings is 1. The maximum atomic E-state index is 12.7. The number of aromatic nitrogens is 1. The zero-order valence-electron chi connectivity index (χ0n) is 18.4. The molecule has 4 rings (SSSR count). The first-order chi connectivity index (χ1) is 15.6. The average molecular weight is 453 g/mol. The number of amides is 1. The van der Waals surface area contributed by atoms with Crippen LogP contribution in [-0.4, -0.2) is 36.0 Å². The summed E-state index contributed by atoms with van der Waals surface area (Å²) in [5, 5.41) is 0.684. The smallest absolute Gasteiger partial charge is 0.223 e. The quantitative estimate of drug-likeness (QED) is 0.433. The van der Waals surface area contributed by atoms with Crippen molar-refractivity contribution >= 4 is 17.5 Å². The predicted octanol–water partition coefficient (Wildman–Crippen LogP) is 5.81. The van der Waals surface area contributed by atoms with Crippen molar-refractivity contribution in [2.45, 2.75) is 38.5 Å². The van der Waals surface area contributed by atoms with E-state index in [2.05, 4.69) is 17.1 Å². The number of hydrogen-bond acceptors (Lipinski definition) is 4. The zero-order chi connectivity index (χ0) is 22.3. The van der Waals surface area contributed by atoms with E-state index in [1.54, 1.807) is 13.3 Å². The summed E-state index contributed by atoms with van der Waals surface area (Å²) in [4.78, 5) is 19.0. The molecule has 0 atom stereocenters. The summed E-state index contributed by atoms with van der Waals surface area (Å²) in [6, 6.07) is 15.8. The molecule has 168 valence electrons. The fourth-order valence-corrected chi connectivity index (χ4v) is 4.31. The Labute approximate surface area is 194 Å². The first kappa shape index (κ1) is 22.4. The Morgan fingerprint density at radius 1 is 1.09 bits per heavy atom. The summed E-state index contributed by atoms with van der Waals surface area (Å²) in [5.41, 5.74) is 2.27. The van der Waals surface area contributed by atoms with Crippen LogP contribution in [0.2, 0.25) is 5.02 Å². The maximum absolute atomic E-state index is 12.7. The SMILES string of the molecule is COc1ccc(CCC2CCN(C(=O)CCc3ncc(-c4ccc(Cl)cc4)o3)CC2)cc1. The molecule has 2 aromatic carbocycles. The Morgan fingerprint density at radius 3 is 2.50 bits per heavy atom. The highest BCUT2D eigenvalue weighted by Gasteiger charge is 2.23. The summed E-state index contributed by atoms with van der Waals surface area (Å²) in [5.74, 6) is 3.05. The third kappa shape index (κ3) is 5.92. The number of piperidine rings is 1. The van der Waals surface area contributed by atoms with Gasteiger partial charge in [0, 0.05) is 36.5 Å². The number of methoxy groups -OCH3 is 1. The molecule has 1 amide bonds. The van der Waals surface area contributed by atoms with Crippen molar-refractivity contribution < 1.29 is 13.9 Å². The van der Waals surface area contributed by atoms with Crippen molar-refractivity contribution in [1.29, 1.82) is 0 Å². The molecule has 1 aliphatic rings. The number of benzene rings is 2. The second-order valence-electron chi connectivity index (χ2n) is 8.34. The third-order valence-electron chi connectivity index (χ3n) is 6.20. The molecule has 6 heteroatoms. The number of halogens is 1. The highest BCUT2D eigenvalue weighted by molar-refractivity contribution is 6.30.